The molecule has 2 amide bonds. The first-order chi connectivity index (χ1) is 19.7. The number of nitrogens with zero attached hydrogens (tertiary/aromatic N) is 3. The van der Waals surface area contributed by atoms with Gasteiger partial charge in [-0.3, -0.25) is 10.3 Å². The van der Waals surface area contributed by atoms with E-state index in [9.17, 15) is 4.79 Å². The Balaban J connectivity index is 1.35. The van der Waals surface area contributed by atoms with E-state index < -0.39 is 11.8 Å². The van der Waals surface area contributed by atoms with Gasteiger partial charge >= 0.3 is 6.03 Å². The van der Waals surface area contributed by atoms with Crippen LogP contribution in [-0.4, -0.2) is 35.0 Å². The molecule has 2 N–H and O–H groups in total. The van der Waals surface area contributed by atoms with Crippen LogP contribution < -0.4 is 24.8 Å². The smallest absolute Gasteiger partial charge is 0.324 e. The molecule has 41 heavy (non-hydrogen) atoms. The third-order valence-corrected chi connectivity index (χ3v) is 6.34. The van der Waals surface area contributed by atoms with Gasteiger partial charge in [0, 0.05) is 35.2 Å². The maximum absolute atomic E-state index is 15.1. The van der Waals surface area contributed by atoms with E-state index >= 15 is 4.39 Å². The number of para-hydroxylation sites is 1. The summed E-state index contributed by atoms with van der Waals surface area (Å²) in [6, 6.07) is 20.0. The average Bonchev–Trinajstić information content (AvgIpc) is 3.38. The number of ether oxygens (including phenoxy) is 3. The van der Waals surface area contributed by atoms with Crippen molar-refractivity contribution in [2.24, 2.45) is 0 Å². The molecule has 2 aromatic heterocycles. The minimum Gasteiger partial charge on any atom is -0.493 e. The van der Waals surface area contributed by atoms with E-state index in [-0.39, 0.29) is 16.9 Å². The van der Waals surface area contributed by atoms with E-state index in [1.165, 1.54) is 19.2 Å². The Hall–Kier alpha value is -5.12. The molecular formula is C31H30FN5O4. The maximum Gasteiger partial charge on any atom is 0.324 e. The number of amides is 2. The molecule has 0 fully saturated rings. The fraction of sp³-hybridized carbons (Fsp3) is 0.194. The molecule has 0 radical (unpaired) electrons. The van der Waals surface area contributed by atoms with Crippen LogP contribution >= 0.6 is 0 Å². The summed E-state index contributed by atoms with van der Waals surface area (Å²) in [7, 11) is 3.08. The van der Waals surface area contributed by atoms with Gasteiger partial charge in [-0.1, -0.05) is 39.0 Å². The largest absolute Gasteiger partial charge is 0.493 e. The van der Waals surface area contributed by atoms with E-state index in [2.05, 4.69) is 20.7 Å². The summed E-state index contributed by atoms with van der Waals surface area (Å²) >= 11 is 0. The van der Waals surface area contributed by atoms with Crippen LogP contribution in [0.2, 0.25) is 0 Å². The molecule has 0 saturated carbocycles. The van der Waals surface area contributed by atoms with Crippen molar-refractivity contribution in [3.8, 4) is 28.7 Å². The number of hydrogen-bond acceptors (Lipinski definition) is 6. The van der Waals surface area contributed by atoms with Gasteiger partial charge in [-0.15, -0.1) is 0 Å². The third-order valence-electron chi connectivity index (χ3n) is 6.34. The van der Waals surface area contributed by atoms with Gasteiger partial charge in [0.25, 0.3) is 0 Å². The van der Waals surface area contributed by atoms with Gasteiger partial charge in [-0.25, -0.2) is 13.9 Å². The predicted octanol–water partition coefficient (Wildman–Crippen LogP) is 7.31. The first kappa shape index (κ1) is 27.4. The molecule has 5 rings (SSSR count). The molecule has 0 atom stereocenters. The molecular weight excluding hydrogens is 525 g/mol. The Morgan fingerprint density at radius 3 is 2.29 bits per heavy atom. The fourth-order valence-corrected chi connectivity index (χ4v) is 4.20. The lowest BCUT2D eigenvalue weighted by Gasteiger charge is -2.14. The highest BCUT2D eigenvalue weighted by Crippen LogP contribution is 2.37. The molecule has 0 unspecified atom stereocenters. The Morgan fingerprint density at radius 2 is 1.61 bits per heavy atom. The van der Waals surface area contributed by atoms with E-state index in [0.29, 0.717) is 34.0 Å². The zero-order valence-electron chi connectivity index (χ0n) is 23.4. The third kappa shape index (κ3) is 5.91. The van der Waals surface area contributed by atoms with Gasteiger partial charge in [0.2, 0.25) is 0 Å². The standard InChI is InChI=1S/C31H30FN5O4/c1-31(2,3)28-18-29(37(36-28)19-9-7-6-8-10-19)35-30(38)34-23-12-11-20(15-22(23)32)41-25-13-14-33-24-17-27(40-5)26(39-4)16-21(24)25/h6-18H,1-5H3,(H2,34,35,38). The molecule has 0 aliphatic heterocycles. The SMILES string of the molecule is COc1cc2nccc(Oc3ccc(NC(=O)Nc4cc(C(C)(C)C)nn4-c4ccccc4)c(F)c3)c2cc1OC. The Bertz CT molecular complexity index is 1710. The number of methoxy groups -OCH3 is 2. The number of nitrogens with one attached hydrogen (secondary N) is 2. The zero-order valence-corrected chi connectivity index (χ0v) is 23.4. The van der Waals surface area contributed by atoms with Crippen LogP contribution in [0.1, 0.15) is 26.5 Å². The van der Waals surface area contributed by atoms with Crippen molar-refractivity contribution >= 4 is 28.4 Å². The Morgan fingerprint density at radius 1 is 0.878 bits per heavy atom. The summed E-state index contributed by atoms with van der Waals surface area (Å²) in [6.07, 6.45) is 1.59. The molecule has 0 spiro atoms. The molecule has 0 aliphatic rings. The van der Waals surface area contributed by atoms with Crippen LogP contribution in [-0.2, 0) is 5.41 Å². The minimum atomic E-state index is -0.665. The zero-order chi connectivity index (χ0) is 29.1. The Labute approximate surface area is 236 Å². The van der Waals surface area contributed by atoms with Crippen molar-refractivity contribution < 1.29 is 23.4 Å². The summed E-state index contributed by atoms with van der Waals surface area (Å²) in [5.41, 5.74) is 1.95. The number of halogens is 1. The van der Waals surface area contributed by atoms with Crippen molar-refractivity contribution in [3.05, 3.63) is 90.5 Å². The second kappa shape index (κ2) is 11.2. The van der Waals surface area contributed by atoms with Gasteiger partial charge in [0.15, 0.2) is 11.5 Å². The molecule has 0 aliphatic carbocycles. The van der Waals surface area contributed by atoms with E-state index in [4.69, 9.17) is 14.2 Å². The van der Waals surface area contributed by atoms with E-state index in [1.807, 2.05) is 57.2 Å². The maximum atomic E-state index is 15.1. The summed E-state index contributed by atoms with van der Waals surface area (Å²) in [6.45, 7) is 6.11. The second-order valence-corrected chi connectivity index (χ2v) is 10.3. The molecule has 3 aromatic carbocycles. The molecule has 0 saturated heterocycles. The van der Waals surface area contributed by atoms with Gasteiger partial charge in [-0.05, 0) is 36.4 Å². The van der Waals surface area contributed by atoms with Crippen molar-refractivity contribution in [2.75, 3.05) is 24.9 Å². The number of aromatic nitrogens is 3. The Kier molecular flexibility index (Phi) is 7.47. The van der Waals surface area contributed by atoms with Crippen molar-refractivity contribution in [2.45, 2.75) is 26.2 Å². The quantitative estimate of drug-likeness (QED) is 0.218. The number of carbonyl (C=O) groups is 1. The molecule has 5 aromatic rings. The lowest BCUT2D eigenvalue weighted by molar-refractivity contribution is 0.262. The van der Waals surface area contributed by atoms with Crippen LogP contribution in [0, 0.1) is 5.82 Å². The number of benzene rings is 3. The summed E-state index contributed by atoms with van der Waals surface area (Å²) in [4.78, 5) is 17.3. The van der Waals surface area contributed by atoms with Gasteiger partial charge in [0.05, 0.1) is 36.8 Å². The van der Waals surface area contributed by atoms with Crippen molar-refractivity contribution in [1.82, 2.24) is 14.8 Å². The number of rotatable bonds is 7. The van der Waals surface area contributed by atoms with Gasteiger partial charge < -0.3 is 19.5 Å². The highest BCUT2D eigenvalue weighted by Gasteiger charge is 2.22. The van der Waals surface area contributed by atoms with Crippen LogP contribution in [0.5, 0.6) is 23.0 Å². The molecule has 210 valence electrons. The lowest BCUT2D eigenvalue weighted by Crippen LogP contribution is -2.21. The first-order valence-corrected chi connectivity index (χ1v) is 12.9. The topological polar surface area (TPSA) is 99.5 Å². The summed E-state index contributed by atoms with van der Waals surface area (Å²) in [5.74, 6) is 1.53. The highest BCUT2D eigenvalue weighted by atomic mass is 19.1. The van der Waals surface area contributed by atoms with Crippen molar-refractivity contribution in [3.63, 3.8) is 0 Å². The van der Waals surface area contributed by atoms with Gasteiger partial charge in [0.1, 0.15) is 23.1 Å². The van der Waals surface area contributed by atoms with Crippen LogP contribution in [0.3, 0.4) is 0 Å². The highest BCUT2D eigenvalue weighted by molar-refractivity contribution is 5.99. The summed E-state index contributed by atoms with van der Waals surface area (Å²) in [5, 5.41) is 10.7. The monoisotopic (exact) mass is 555 g/mol. The predicted molar refractivity (Wildman–Crippen MR) is 156 cm³/mol. The number of anilines is 2. The number of urea groups is 1. The first-order valence-electron chi connectivity index (χ1n) is 12.9. The van der Waals surface area contributed by atoms with Crippen LogP contribution in [0.15, 0.2) is 79.0 Å². The van der Waals surface area contributed by atoms with E-state index in [1.54, 1.807) is 42.3 Å². The summed E-state index contributed by atoms with van der Waals surface area (Å²) < 4.78 is 33.5. The molecule has 10 heteroatoms. The van der Waals surface area contributed by atoms with Crippen LogP contribution in [0.25, 0.3) is 16.6 Å². The van der Waals surface area contributed by atoms with Gasteiger partial charge in [-0.2, -0.15) is 5.10 Å². The van der Waals surface area contributed by atoms with Crippen LogP contribution in [0.4, 0.5) is 20.7 Å². The number of carbonyl (C=O) groups excluding carboxylic acids is 1. The van der Waals surface area contributed by atoms with Crippen molar-refractivity contribution in [1.29, 1.82) is 0 Å². The number of fused-ring (bicyclic) bond motifs is 1. The minimum absolute atomic E-state index is 0.0114. The molecule has 2 heterocycles. The molecule has 9 nitrogen and oxygen atoms in total. The fourth-order valence-electron chi connectivity index (χ4n) is 4.20. The number of pyridine rings is 1. The van der Waals surface area contributed by atoms with E-state index in [0.717, 1.165) is 11.4 Å². The molecule has 0 bridgehead atoms. The average molecular weight is 556 g/mol. The lowest BCUT2D eigenvalue weighted by atomic mass is 9.92. The second-order valence-electron chi connectivity index (χ2n) is 10.3. The number of hydrogen-bond donors (Lipinski definition) is 2. The normalized spacial score (nSPS) is 11.3.